The summed E-state index contributed by atoms with van der Waals surface area (Å²) in [6.45, 7) is 3.17. The molecular formula is C23H30N6O. The van der Waals surface area contributed by atoms with Crippen LogP contribution in [0, 0.1) is 5.92 Å². The van der Waals surface area contributed by atoms with Crippen LogP contribution in [0.15, 0.2) is 36.9 Å². The van der Waals surface area contributed by atoms with Crippen molar-refractivity contribution in [2.24, 2.45) is 13.0 Å². The van der Waals surface area contributed by atoms with Crippen molar-refractivity contribution in [1.29, 1.82) is 0 Å². The summed E-state index contributed by atoms with van der Waals surface area (Å²) in [6.07, 6.45) is 13.3. The van der Waals surface area contributed by atoms with E-state index in [9.17, 15) is 0 Å². The third-order valence-electron chi connectivity index (χ3n) is 7.44. The third kappa shape index (κ3) is 2.94. The lowest BCUT2D eigenvalue weighted by Gasteiger charge is -2.51. The molecule has 3 aromatic rings. The molecule has 158 valence electrons. The first kappa shape index (κ1) is 18.4. The first-order chi connectivity index (χ1) is 14.7. The number of rotatable bonds is 5. The van der Waals surface area contributed by atoms with Gasteiger partial charge in [-0.25, -0.2) is 4.52 Å². The van der Waals surface area contributed by atoms with E-state index in [0.717, 1.165) is 37.2 Å². The SMILES string of the molecule is COCC1CC(N2C3CCC2CN(c2ccnn4cc(-c5cnn(C)c5)cc24)C3)C1. The molecule has 0 spiro atoms. The molecule has 2 saturated heterocycles. The van der Waals surface area contributed by atoms with Crippen LogP contribution in [0.1, 0.15) is 25.7 Å². The highest BCUT2D eigenvalue weighted by Crippen LogP contribution is 2.42. The molecular weight excluding hydrogens is 376 g/mol. The van der Waals surface area contributed by atoms with Crippen LogP contribution < -0.4 is 4.90 Å². The zero-order valence-electron chi connectivity index (χ0n) is 17.8. The van der Waals surface area contributed by atoms with Crippen molar-refractivity contribution in [2.45, 2.75) is 43.8 Å². The maximum atomic E-state index is 5.36. The lowest BCUT2D eigenvalue weighted by atomic mass is 9.79. The molecule has 2 aliphatic heterocycles. The molecule has 7 nitrogen and oxygen atoms in total. The van der Waals surface area contributed by atoms with Gasteiger partial charge in [-0.05, 0) is 43.7 Å². The van der Waals surface area contributed by atoms with E-state index in [4.69, 9.17) is 4.74 Å². The monoisotopic (exact) mass is 406 g/mol. The average Bonchev–Trinajstić information content (AvgIpc) is 3.39. The largest absolute Gasteiger partial charge is 0.384 e. The molecule has 2 atom stereocenters. The summed E-state index contributed by atoms with van der Waals surface area (Å²) in [5.74, 6) is 0.767. The molecule has 0 aromatic carbocycles. The third-order valence-corrected chi connectivity index (χ3v) is 7.44. The van der Waals surface area contributed by atoms with E-state index in [0.29, 0.717) is 12.1 Å². The van der Waals surface area contributed by atoms with Crippen LogP contribution in [0.5, 0.6) is 0 Å². The van der Waals surface area contributed by atoms with Gasteiger partial charge in [0.05, 0.1) is 17.4 Å². The molecule has 3 fully saturated rings. The Kier molecular flexibility index (Phi) is 4.35. The number of hydrogen-bond acceptors (Lipinski definition) is 5. The van der Waals surface area contributed by atoms with E-state index in [1.165, 1.54) is 42.5 Å². The Morgan fingerprint density at radius 1 is 1.03 bits per heavy atom. The van der Waals surface area contributed by atoms with Gasteiger partial charge in [0, 0.05) is 81.7 Å². The highest BCUT2D eigenvalue weighted by atomic mass is 16.5. The summed E-state index contributed by atoms with van der Waals surface area (Å²) in [5.41, 5.74) is 4.80. The molecule has 0 amide bonds. The Labute approximate surface area is 177 Å². The quantitative estimate of drug-likeness (QED) is 0.652. The Hall–Kier alpha value is -2.38. The van der Waals surface area contributed by atoms with Crippen molar-refractivity contribution in [3.05, 3.63) is 36.9 Å². The number of piperazine rings is 1. The lowest BCUT2D eigenvalue weighted by molar-refractivity contribution is -0.000868. The maximum Gasteiger partial charge on any atom is 0.0886 e. The molecule has 2 unspecified atom stereocenters. The second-order valence-electron chi connectivity index (χ2n) is 9.36. The Morgan fingerprint density at radius 3 is 2.53 bits per heavy atom. The Balaban J connectivity index is 1.24. The molecule has 2 bridgehead atoms. The number of aryl methyl sites for hydroxylation is 1. The number of aromatic nitrogens is 4. The minimum atomic E-state index is 0.679. The predicted molar refractivity (Wildman–Crippen MR) is 117 cm³/mol. The predicted octanol–water partition coefficient (Wildman–Crippen LogP) is 2.81. The first-order valence-electron chi connectivity index (χ1n) is 11.2. The van der Waals surface area contributed by atoms with Gasteiger partial charge in [0.1, 0.15) is 0 Å². The summed E-state index contributed by atoms with van der Waals surface area (Å²) in [7, 11) is 3.78. The number of fused-ring (bicyclic) bond motifs is 3. The van der Waals surface area contributed by atoms with Crippen molar-refractivity contribution < 1.29 is 4.74 Å². The number of anilines is 1. The molecule has 1 saturated carbocycles. The van der Waals surface area contributed by atoms with E-state index in [2.05, 4.69) is 44.5 Å². The van der Waals surface area contributed by atoms with Crippen LogP contribution in [0.2, 0.25) is 0 Å². The van der Waals surface area contributed by atoms with Gasteiger partial charge in [0.15, 0.2) is 0 Å². The van der Waals surface area contributed by atoms with Gasteiger partial charge in [0.2, 0.25) is 0 Å². The van der Waals surface area contributed by atoms with Crippen molar-refractivity contribution in [3.8, 4) is 11.1 Å². The number of nitrogens with zero attached hydrogens (tertiary/aromatic N) is 6. The second-order valence-corrected chi connectivity index (χ2v) is 9.36. The topological polar surface area (TPSA) is 50.8 Å². The van der Waals surface area contributed by atoms with Gasteiger partial charge >= 0.3 is 0 Å². The highest BCUT2D eigenvalue weighted by molar-refractivity contribution is 5.79. The van der Waals surface area contributed by atoms with Gasteiger partial charge in [-0.1, -0.05) is 0 Å². The van der Waals surface area contributed by atoms with E-state index >= 15 is 0 Å². The zero-order chi connectivity index (χ0) is 20.2. The molecule has 7 heteroatoms. The van der Waals surface area contributed by atoms with Crippen LogP contribution in [-0.4, -0.2) is 69.2 Å². The lowest BCUT2D eigenvalue weighted by Crippen LogP contribution is -2.60. The van der Waals surface area contributed by atoms with E-state index in [1.54, 1.807) is 0 Å². The van der Waals surface area contributed by atoms with Gasteiger partial charge in [-0.2, -0.15) is 10.2 Å². The maximum absolute atomic E-state index is 5.36. The number of methoxy groups -OCH3 is 1. The molecule has 0 radical (unpaired) electrons. The highest BCUT2D eigenvalue weighted by Gasteiger charge is 2.47. The second kappa shape index (κ2) is 7.10. The van der Waals surface area contributed by atoms with Crippen molar-refractivity contribution in [2.75, 3.05) is 31.7 Å². The molecule has 3 aliphatic rings. The Morgan fingerprint density at radius 2 is 1.83 bits per heavy atom. The Bertz CT molecular complexity index is 1040. The molecule has 1 aliphatic carbocycles. The molecule has 0 N–H and O–H groups in total. The van der Waals surface area contributed by atoms with Crippen molar-refractivity contribution in [1.82, 2.24) is 24.3 Å². The van der Waals surface area contributed by atoms with Crippen molar-refractivity contribution in [3.63, 3.8) is 0 Å². The van der Waals surface area contributed by atoms with Crippen LogP contribution >= 0.6 is 0 Å². The normalized spacial score (nSPS) is 28.9. The molecule has 5 heterocycles. The zero-order valence-corrected chi connectivity index (χ0v) is 17.8. The van der Waals surface area contributed by atoms with Gasteiger partial charge < -0.3 is 9.64 Å². The van der Waals surface area contributed by atoms with Crippen LogP contribution in [0.4, 0.5) is 5.69 Å². The molecule has 3 aromatic heterocycles. The number of ether oxygens (including phenoxy) is 1. The van der Waals surface area contributed by atoms with Crippen molar-refractivity contribution >= 4 is 11.2 Å². The van der Waals surface area contributed by atoms with Crippen LogP contribution in [0.3, 0.4) is 0 Å². The van der Waals surface area contributed by atoms with Crippen LogP contribution in [-0.2, 0) is 11.8 Å². The summed E-state index contributed by atoms with van der Waals surface area (Å²) >= 11 is 0. The van der Waals surface area contributed by atoms with Gasteiger partial charge in [0.25, 0.3) is 0 Å². The fraction of sp³-hybridized carbons (Fsp3) is 0.565. The minimum absolute atomic E-state index is 0.679. The van der Waals surface area contributed by atoms with Gasteiger partial charge in [-0.15, -0.1) is 0 Å². The standard InChI is InChI=1S/C23H30N6O/c1-26-11-18(10-25-26)17-9-23-22(5-6-24-28(23)12-17)27-13-19-3-4-20(14-27)29(19)21-7-16(8-21)15-30-2/h5-6,9-12,16,19-21H,3-4,7-8,13-15H2,1-2H3. The van der Waals surface area contributed by atoms with E-state index in [1.807, 2.05) is 35.7 Å². The minimum Gasteiger partial charge on any atom is -0.384 e. The summed E-state index contributed by atoms with van der Waals surface area (Å²) in [6, 6.07) is 6.58. The summed E-state index contributed by atoms with van der Waals surface area (Å²) in [4.78, 5) is 5.47. The fourth-order valence-corrected chi connectivity index (χ4v) is 6.04. The number of hydrogen-bond donors (Lipinski definition) is 0. The summed E-state index contributed by atoms with van der Waals surface area (Å²) < 4.78 is 9.23. The van der Waals surface area contributed by atoms with Gasteiger partial charge in [-0.3, -0.25) is 9.58 Å². The smallest absolute Gasteiger partial charge is 0.0886 e. The van der Waals surface area contributed by atoms with E-state index in [-0.39, 0.29) is 0 Å². The fourth-order valence-electron chi connectivity index (χ4n) is 6.04. The first-order valence-corrected chi connectivity index (χ1v) is 11.2. The molecule has 6 rings (SSSR count). The average molecular weight is 407 g/mol. The van der Waals surface area contributed by atoms with E-state index < -0.39 is 0 Å². The molecule has 30 heavy (non-hydrogen) atoms. The van der Waals surface area contributed by atoms with Crippen LogP contribution in [0.25, 0.3) is 16.6 Å². The summed E-state index contributed by atoms with van der Waals surface area (Å²) in [5, 5.41) is 8.90.